The van der Waals surface area contributed by atoms with Crippen LogP contribution in [0.2, 0.25) is 18.6 Å². The highest BCUT2D eigenvalue weighted by atomic mass is 35.7. The van der Waals surface area contributed by atoms with Gasteiger partial charge in [-0.1, -0.05) is 56.9 Å². The van der Waals surface area contributed by atoms with E-state index in [4.69, 9.17) is 44.3 Å². The van der Waals surface area contributed by atoms with Crippen LogP contribution in [0.3, 0.4) is 0 Å². The molecule has 0 aliphatic carbocycles. The first kappa shape index (κ1) is 21.9. The van der Waals surface area contributed by atoms with Gasteiger partial charge in [0.25, 0.3) is 6.69 Å². The molecule has 23 heavy (non-hydrogen) atoms. The van der Waals surface area contributed by atoms with Gasteiger partial charge in [0, 0.05) is 5.54 Å². The molecule has 0 fully saturated rings. The second-order valence-corrected chi connectivity index (χ2v) is 22.1. The lowest BCUT2D eigenvalue weighted by Gasteiger charge is -2.28. The Morgan fingerprint density at radius 1 is 0.913 bits per heavy atom. The molecule has 6 heteroatoms. The number of halogens is 4. The van der Waals surface area contributed by atoms with Crippen molar-refractivity contribution in [2.24, 2.45) is 0 Å². The lowest BCUT2D eigenvalue weighted by molar-refractivity contribution is 0.692. The number of hydrogen-bond acceptors (Lipinski definition) is 0. The number of unbranched alkanes of at least 4 members (excludes halogenated alkanes) is 3. The van der Waals surface area contributed by atoms with Gasteiger partial charge in [0.05, 0.1) is 0 Å². The molecule has 1 aromatic carbocycles. The normalized spacial score (nSPS) is 14.0. The number of benzene rings is 1. The minimum atomic E-state index is -2.30. The molecule has 1 unspecified atom stereocenters. The third-order valence-electron chi connectivity index (χ3n) is 4.36. The Bertz CT molecular complexity index is 472. The molecule has 0 aromatic heterocycles. The highest BCUT2D eigenvalue weighted by molar-refractivity contribution is 7.46. The summed E-state index contributed by atoms with van der Waals surface area (Å²) in [5, 5.41) is 0. The van der Waals surface area contributed by atoms with Crippen LogP contribution < -0.4 is 0 Å². The van der Waals surface area contributed by atoms with Gasteiger partial charge in [0.2, 0.25) is 6.69 Å². The third-order valence-corrected chi connectivity index (χ3v) is 12.2. The number of aryl methyl sites for hydroxylation is 1. The third kappa shape index (κ3) is 8.15. The molecule has 1 aromatic rings. The Hall–Kier alpha value is 0.814. The topological polar surface area (TPSA) is 0 Å². The maximum Gasteiger partial charge on any atom is 0.258 e. The summed E-state index contributed by atoms with van der Waals surface area (Å²) in [6.45, 7) is 2.10. The van der Waals surface area contributed by atoms with E-state index in [9.17, 15) is 0 Å². The quantitative estimate of drug-likeness (QED) is 0.200. The molecule has 1 rings (SSSR count). The van der Waals surface area contributed by atoms with Crippen LogP contribution >= 0.6 is 44.3 Å². The van der Waals surface area contributed by atoms with Crippen LogP contribution in [0.25, 0.3) is 0 Å². The van der Waals surface area contributed by atoms with Gasteiger partial charge in [-0.05, 0) is 43.1 Å². The van der Waals surface area contributed by atoms with Crippen molar-refractivity contribution in [3.63, 3.8) is 0 Å². The first-order valence-corrected chi connectivity index (χ1v) is 17.5. The SMILES string of the molecule is CCC(c1ccccc1C)[Si](Cl)(Cl)CCCCCC[Si](C)(Cl)Cl. The second kappa shape index (κ2) is 10.1. The Labute approximate surface area is 162 Å². The van der Waals surface area contributed by atoms with Crippen LogP contribution in [0.1, 0.15) is 55.7 Å². The zero-order chi connectivity index (χ0) is 17.5. The first-order chi connectivity index (χ1) is 10.7. The maximum absolute atomic E-state index is 6.86. The number of hydrogen-bond donors (Lipinski definition) is 0. The summed E-state index contributed by atoms with van der Waals surface area (Å²) in [7, 11) is 0. The summed E-state index contributed by atoms with van der Waals surface area (Å²) in [6.07, 6.45) is 5.55. The molecule has 0 spiro atoms. The molecule has 0 aliphatic rings. The standard InChI is InChI=1S/C17H28Cl4Si2/c1-4-17(16-12-8-7-11-15(16)2)23(20,21)14-10-6-5-9-13-22(3,18)19/h7-8,11-12,17H,4-6,9-10,13-14H2,1-3H3. The van der Waals surface area contributed by atoms with E-state index >= 15 is 0 Å². The van der Waals surface area contributed by atoms with E-state index in [-0.39, 0.29) is 0 Å². The number of rotatable bonds is 10. The van der Waals surface area contributed by atoms with Gasteiger partial charge in [-0.3, -0.25) is 0 Å². The van der Waals surface area contributed by atoms with Crippen molar-refractivity contribution in [3.8, 4) is 0 Å². The summed E-state index contributed by atoms with van der Waals surface area (Å²) in [5.74, 6) is 0. The van der Waals surface area contributed by atoms with Gasteiger partial charge >= 0.3 is 0 Å². The monoisotopic (exact) mass is 428 g/mol. The van der Waals surface area contributed by atoms with Crippen LogP contribution in [-0.2, 0) is 0 Å². The van der Waals surface area contributed by atoms with E-state index in [1.54, 1.807) is 0 Å². The van der Waals surface area contributed by atoms with Gasteiger partial charge in [-0.2, -0.15) is 0 Å². The maximum atomic E-state index is 6.86. The van der Waals surface area contributed by atoms with Crippen molar-refractivity contribution in [1.29, 1.82) is 0 Å². The minimum Gasteiger partial charge on any atom is -0.146 e. The predicted molar refractivity (Wildman–Crippen MR) is 113 cm³/mol. The van der Waals surface area contributed by atoms with Crippen LogP contribution in [0.15, 0.2) is 24.3 Å². The van der Waals surface area contributed by atoms with Crippen molar-refractivity contribution in [1.82, 2.24) is 0 Å². The zero-order valence-electron chi connectivity index (χ0n) is 14.3. The Balaban J connectivity index is 2.49. The molecule has 0 saturated heterocycles. The molecule has 0 heterocycles. The largest absolute Gasteiger partial charge is 0.258 e. The Morgan fingerprint density at radius 3 is 2.00 bits per heavy atom. The minimum absolute atomic E-state index is 0.313. The fourth-order valence-electron chi connectivity index (χ4n) is 3.05. The van der Waals surface area contributed by atoms with E-state index < -0.39 is 13.4 Å². The van der Waals surface area contributed by atoms with E-state index in [2.05, 4.69) is 38.1 Å². The Kier molecular flexibility index (Phi) is 9.58. The Morgan fingerprint density at radius 2 is 1.48 bits per heavy atom. The first-order valence-electron chi connectivity index (χ1n) is 8.48. The molecule has 0 amide bonds. The van der Waals surface area contributed by atoms with Crippen molar-refractivity contribution >= 4 is 57.7 Å². The molecule has 0 radical (unpaired) electrons. The highest BCUT2D eigenvalue weighted by Gasteiger charge is 2.38. The summed E-state index contributed by atoms with van der Waals surface area (Å²) < 4.78 is 0. The molecule has 132 valence electrons. The van der Waals surface area contributed by atoms with Gasteiger partial charge in [0.1, 0.15) is 0 Å². The molecule has 1 atom stereocenters. The van der Waals surface area contributed by atoms with Crippen LogP contribution in [0.5, 0.6) is 0 Å². The fourth-order valence-corrected chi connectivity index (χ4v) is 9.60. The highest BCUT2D eigenvalue weighted by Crippen LogP contribution is 2.41. The van der Waals surface area contributed by atoms with E-state index in [1.807, 2.05) is 6.55 Å². The summed E-state index contributed by atoms with van der Waals surface area (Å²) >= 11 is 26.0. The summed E-state index contributed by atoms with van der Waals surface area (Å²) in [5.41, 5.74) is 2.94. The zero-order valence-corrected chi connectivity index (χ0v) is 19.4. The molecule has 0 N–H and O–H groups in total. The summed E-state index contributed by atoms with van der Waals surface area (Å²) in [4.78, 5) is 0. The van der Waals surface area contributed by atoms with Crippen molar-refractivity contribution in [2.45, 2.75) is 70.1 Å². The van der Waals surface area contributed by atoms with Gasteiger partial charge < -0.3 is 0 Å². The van der Waals surface area contributed by atoms with Gasteiger partial charge in [0.15, 0.2) is 0 Å². The lowest BCUT2D eigenvalue weighted by atomic mass is 10.0. The van der Waals surface area contributed by atoms with Crippen molar-refractivity contribution in [3.05, 3.63) is 35.4 Å². The van der Waals surface area contributed by atoms with Crippen molar-refractivity contribution in [2.75, 3.05) is 0 Å². The molecular weight excluding hydrogens is 402 g/mol. The smallest absolute Gasteiger partial charge is 0.146 e. The molecule has 0 nitrogen and oxygen atoms in total. The van der Waals surface area contributed by atoms with Crippen LogP contribution in [0, 0.1) is 6.92 Å². The van der Waals surface area contributed by atoms with E-state index in [1.165, 1.54) is 17.5 Å². The average molecular weight is 430 g/mol. The molecule has 0 saturated carbocycles. The second-order valence-electron chi connectivity index (χ2n) is 6.56. The predicted octanol–water partition coefficient (Wildman–Crippen LogP) is 8.06. The van der Waals surface area contributed by atoms with Gasteiger partial charge in [-0.25, -0.2) is 0 Å². The summed E-state index contributed by atoms with van der Waals surface area (Å²) in [6, 6.07) is 10.4. The van der Waals surface area contributed by atoms with Crippen molar-refractivity contribution < 1.29 is 0 Å². The average Bonchev–Trinajstić information content (AvgIpc) is 2.44. The molecular formula is C17H28Cl4Si2. The molecule has 0 aliphatic heterocycles. The van der Waals surface area contributed by atoms with Gasteiger partial charge in [-0.15, -0.1) is 44.3 Å². The fraction of sp³-hybridized carbons (Fsp3) is 0.647. The van der Waals surface area contributed by atoms with E-state index in [0.717, 1.165) is 37.8 Å². The van der Waals surface area contributed by atoms with E-state index in [0.29, 0.717) is 5.54 Å². The van der Waals surface area contributed by atoms with Crippen LogP contribution in [-0.4, -0.2) is 13.4 Å². The molecule has 0 bridgehead atoms. The lowest BCUT2D eigenvalue weighted by Crippen LogP contribution is -2.30. The van der Waals surface area contributed by atoms with Crippen LogP contribution in [0.4, 0.5) is 0 Å².